The molecule has 0 unspecified atom stereocenters. The number of rotatable bonds is 11. The molecule has 0 radical (unpaired) electrons. The highest BCUT2D eigenvalue weighted by molar-refractivity contribution is 5.69. The molecule has 5 nitrogen and oxygen atoms in total. The number of hydrogen-bond donors (Lipinski definition) is 1. The molecule has 122 valence electrons. The van der Waals surface area contributed by atoms with Crippen LogP contribution in [0.3, 0.4) is 0 Å². The van der Waals surface area contributed by atoms with Gasteiger partial charge in [-0.15, -0.1) is 0 Å². The van der Waals surface area contributed by atoms with Crippen LogP contribution in [0.5, 0.6) is 0 Å². The first-order valence-corrected chi connectivity index (χ1v) is 8.28. The Morgan fingerprint density at radius 3 is 2.68 bits per heavy atom. The molecule has 0 aliphatic rings. The van der Waals surface area contributed by atoms with Gasteiger partial charge in [0.25, 0.3) is 0 Å². The molecule has 0 saturated carbocycles. The van der Waals surface area contributed by atoms with E-state index in [1.54, 1.807) is 0 Å². The maximum absolute atomic E-state index is 11.4. The van der Waals surface area contributed by atoms with Crippen molar-refractivity contribution in [2.45, 2.75) is 71.1 Å². The number of esters is 1. The Kier molecular flexibility index (Phi) is 10.7. The van der Waals surface area contributed by atoms with E-state index >= 15 is 0 Å². The standard InChI is InChI=1S/C17H27N3O2/c1-2-3-4-5-6-7-8-9-10-11-14-22-17(21)13-12-16-18-15-19-20-16/h15H,2-9,12-14H2,1H3,(H,18,19,20). The van der Waals surface area contributed by atoms with E-state index in [1.165, 1.54) is 44.9 Å². The molecule has 0 aromatic carbocycles. The molecule has 5 heteroatoms. The number of carbonyl (C=O) groups excluding carboxylic acids is 1. The second kappa shape index (κ2) is 12.9. The molecule has 1 aromatic rings. The summed E-state index contributed by atoms with van der Waals surface area (Å²) in [5.74, 6) is 6.40. The molecule has 0 spiro atoms. The molecule has 0 saturated heterocycles. The monoisotopic (exact) mass is 305 g/mol. The van der Waals surface area contributed by atoms with E-state index in [0.717, 1.165) is 12.8 Å². The smallest absolute Gasteiger partial charge is 0.307 e. The minimum Gasteiger partial charge on any atom is -0.452 e. The number of hydrogen-bond acceptors (Lipinski definition) is 4. The van der Waals surface area contributed by atoms with Crippen molar-refractivity contribution in [2.24, 2.45) is 0 Å². The van der Waals surface area contributed by atoms with Gasteiger partial charge in [-0.1, -0.05) is 57.3 Å². The van der Waals surface area contributed by atoms with E-state index in [4.69, 9.17) is 4.74 Å². The van der Waals surface area contributed by atoms with Crippen molar-refractivity contribution in [1.29, 1.82) is 0 Å². The summed E-state index contributed by atoms with van der Waals surface area (Å²) in [6.07, 6.45) is 12.2. The largest absolute Gasteiger partial charge is 0.452 e. The minimum absolute atomic E-state index is 0.186. The third kappa shape index (κ3) is 9.98. The van der Waals surface area contributed by atoms with E-state index < -0.39 is 0 Å². The molecule has 0 aliphatic carbocycles. The molecule has 0 aliphatic heterocycles. The minimum atomic E-state index is -0.248. The van der Waals surface area contributed by atoms with Crippen molar-refractivity contribution in [3.05, 3.63) is 12.2 Å². The third-order valence-electron chi connectivity index (χ3n) is 3.37. The molecular formula is C17H27N3O2. The van der Waals surface area contributed by atoms with Crippen molar-refractivity contribution in [3.63, 3.8) is 0 Å². The van der Waals surface area contributed by atoms with Gasteiger partial charge in [0.1, 0.15) is 12.2 Å². The summed E-state index contributed by atoms with van der Waals surface area (Å²) < 4.78 is 5.04. The molecule has 0 amide bonds. The summed E-state index contributed by atoms with van der Waals surface area (Å²) in [5.41, 5.74) is 0. The lowest BCUT2D eigenvalue weighted by molar-refractivity contribution is -0.142. The Labute approximate surface area is 133 Å². The van der Waals surface area contributed by atoms with Gasteiger partial charge in [-0.2, -0.15) is 5.10 Å². The van der Waals surface area contributed by atoms with E-state index in [-0.39, 0.29) is 12.6 Å². The highest BCUT2D eigenvalue weighted by Crippen LogP contribution is 2.07. The van der Waals surface area contributed by atoms with Gasteiger partial charge in [0.05, 0.1) is 6.42 Å². The van der Waals surface area contributed by atoms with Crippen molar-refractivity contribution < 1.29 is 9.53 Å². The Balaban J connectivity index is 1.90. The van der Waals surface area contributed by atoms with Crippen LogP contribution >= 0.6 is 0 Å². The van der Waals surface area contributed by atoms with Gasteiger partial charge < -0.3 is 4.74 Å². The SMILES string of the molecule is CCCCCCCCCC#CCOC(=O)CCc1ncn[nH]1. The number of aromatic amines is 1. The molecular weight excluding hydrogens is 278 g/mol. The number of unbranched alkanes of at least 4 members (excludes halogenated alkanes) is 7. The third-order valence-corrected chi connectivity index (χ3v) is 3.37. The fourth-order valence-corrected chi connectivity index (χ4v) is 2.07. The van der Waals surface area contributed by atoms with Crippen LogP contribution in [-0.4, -0.2) is 27.8 Å². The number of aromatic nitrogens is 3. The topological polar surface area (TPSA) is 67.9 Å². The second-order valence-corrected chi connectivity index (χ2v) is 5.32. The zero-order valence-corrected chi connectivity index (χ0v) is 13.6. The Morgan fingerprint density at radius 2 is 1.95 bits per heavy atom. The summed E-state index contributed by atoms with van der Waals surface area (Å²) >= 11 is 0. The van der Waals surface area contributed by atoms with Crippen LogP contribution in [0.25, 0.3) is 0 Å². The number of aryl methyl sites for hydroxylation is 1. The quantitative estimate of drug-likeness (QED) is 0.386. The molecule has 22 heavy (non-hydrogen) atoms. The first-order chi connectivity index (χ1) is 10.8. The molecule has 0 bridgehead atoms. The Bertz CT molecular complexity index is 446. The molecule has 1 N–H and O–H groups in total. The van der Waals surface area contributed by atoms with E-state index in [9.17, 15) is 4.79 Å². The highest BCUT2D eigenvalue weighted by atomic mass is 16.5. The van der Waals surface area contributed by atoms with Crippen LogP contribution in [0.4, 0.5) is 0 Å². The number of nitrogens with one attached hydrogen (secondary N) is 1. The van der Waals surface area contributed by atoms with Crippen molar-refractivity contribution in [2.75, 3.05) is 6.61 Å². The van der Waals surface area contributed by atoms with Gasteiger partial charge in [0.15, 0.2) is 6.61 Å². The summed E-state index contributed by atoms with van der Waals surface area (Å²) in [6.45, 7) is 2.42. The lowest BCUT2D eigenvalue weighted by Gasteiger charge is -1.99. The summed E-state index contributed by atoms with van der Waals surface area (Å²) in [7, 11) is 0. The van der Waals surface area contributed by atoms with Gasteiger partial charge in [-0.3, -0.25) is 9.89 Å². The van der Waals surface area contributed by atoms with Crippen LogP contribution in [0, 0.1) is 11.8 Å². The Hall–Kier alpha value is -1.83. The highest BCUT2D eigenvalue weighted by Gasteiger charge is 2.04. The molecule has 0 atom stereocenters. The van der Waals surface area contributed by atoms with Crippen LogP contribution in [-0.2, 0) is 16.0 Å². The normalized spacial score (nSPS) is 10.0. The fraction of sp³-hybridized carbons (Fsp3) is 0.706. The van der Waals surface area contributed by atoms with Crippen molar-refractivity contribution in [1.82, 2.24) is 15.2 Å². The maximum atomic E-state index is 11.4. The maximum Gasteiger partial charge on any atom is 0.307 e. The molecule has 1 rings (SSSR count). The van der Waals surface area contributed by atoms with Gasteiger partial charge in [0.2, 0.25) is 0 Å². The van der Waals surface area contributed by atoms with E-state index in [1.807, 2.05) is 0 Å². The average molecular weight is 305 g/mol. The van der Waals surface area contributed by atoms with Crippen molar-refractivity contribution in [3.8, 4) is 11.8 Å². The summed E-state index contributed by atoms with van der Waals surface area (Å²) in [4.78, 5) is 15.4. The van der Waals surface area contributed by atoms with E-state index in [2.05, 4.69) is 33.9 Å². The van der Waals surface area contributed by atoms with Gasteiger partial charge >= 0.3 is 5.97 Å². The molecule has 1 heterocycles. The Morgan fingerprint density at radius 1 is 1.18 bits per heavy atom. The average Bonchev–Trinajstić information content (AvgIpc) is 3.04. The number of carbonyl (C=O) groups is 1. The van der Waals surface area contributed by atoms with Gasteiger partial charge in [-0.05, 0) is 6.42 Å². The number of ether oxygens (including phenoxy) is 1. The van der Waals surface area contributed by atoms with Crippen molar-refractivity contribution >= 4 is 5.97 Å². The fourth-order valence-electron chi connectivity index (χ4n) is 2.07. The lowest BCUT2D eigenvalue weighted by Crippen LogP contribution is -2.06. The molecule has 1 aromatic heterocycles. The predicted molar refractivity (Wildman–Crippen MR) is 86.0 cm³/mol. The van der Waals surface area contributed by atoms with Crippen LogP contribution in [0.2, 0.25) is 0 Å². The summed E-state index contributed by atoms with van der Waals surface area (Å²) in [6, 6.07) is 0. The second-order valence-electron chi connectivity index (χ2n) is 5.32. The van der Waals surface area contributed by atoms with Gasteiger partial charge in [0, 0.05) is 12.8 Å². The molecule has 0 fully saturated rings. The zero-order valence-electron chi connectivity index (χ0n) is 13.6. The van der Waals surface area contributed by atoms with Crippen LogP contribution in [0.15, 0.2) is 6.33 Å². The van der Waals surface area contributed by atoms with Gasteiger partial charge in [-0.25, -0.2) is 4.98 Å². The predicted octanol–water partition coefficient (Wildman–Crippen LogP) is 3.42. The van der Waals surface area contributed by atoms with E-state index in [0.29, 0.717) is 18.7 Å². The number of nitrogens with zero attached hydrogens (tertiary/aromatic N) is 2. The van der Waals surface area contributed by atoms with Crippen LogP contribution < -0.4 is 0 Å². The summed E-state index contributed by atoms with van der Waals surface area (Å²) in [5, 5.41) is 6.43. The zero-order chi connectivity index (χ0) is 15.9. The first-order valence-electron chi connectivity index (χ1n) is 8.28. The van der Waals surface area contributed by atoms with Crippen LogP contribution in [0.1, 0.15) is 70.5 Å². The first kappa shape index (κ1) is 18.2. The number of H-pyrrole nitrogens is 1. The lowest BCUT2D eigenvalue weighted by atomic mass is 10.1.